The molecule has 156 valence electrons. The third kappa shape index (κ3) is 4.85. The van der Waals surface area contributed by atoms with E-state index in [1.165, 1.54) is 5.69 Å². The van der Waals surface area contributed by atoms with Crippen LogP contribution in [0.1, 0.15) is 24.8 Å². The van der Waals surface area contributed by atoms with Crippen molar-refractivity contribution < 1.29 is 4.79 Å². The van der Waals surface area contributed by atoms with E-state index >= 15 is 0 Å². The first-order valence-corrected chi connectivity index (χ1v) is 10.8. The Bertz CT molecular complexity index is 869. The normalized spacial score (nSPS) is 17.9. The van der Waals surface area contributed by atoms with Gasteiger partial charge in [-0.1, -0.05) is 18.2 Å². The topological polar surface area (TPSA) is 62.6 Å². The van der Waals surface area contributed by atoms with Crippen molar-refractivity contribution in [1.29, 1.82) is 5.26 Å². The molecule has 2 saturated heterocycles. The van der Waals surface area contributed by atoms with Crippen LogP contribution in [0.2, 0.25) is 0 Å². The number of amides is 2. The van der Waals surface area contributed by atoms with Crippen LogP contribution >= 0.6 is 0 Å². The molecule has 2 aliphatic heterocycles. The third-order valence-electron chi connectivity index (χ3n) is 6.09. The van der Waals surface area contributed by atoms with Crippen LogP contribution in [0.4, 0.5) is 16.2 Å². The Morgan fingerprint density at radius 2 is 1.50 bits per heavy atom. The lowest BCUT2D eigenvalue weighted by Crippen LogP contribution is -2.50. The largest absolute Gasteiger partial charge is 0.371 e. The molecule has 1 N–H and O–H groups in total. The van der Waals surface area contributed by atoms with Gasteiger partial charge in [0.1, 0.15) is 0 Å². The summed E-state index contributed by atoms with van der Waals surface area (Å²) in [7, 11) is 0. The van der Waals surface area contributed by atoms with Gasteiger partial charge >= 0.3 is 6.03 Å². The summed E-state index contributed by atoms with van der Waals surface area (Å²) in [4.78, 5) is 19.5. The molecule has 30 heavy (non-hydrogen) atoms. The van der Waals surface area contributed by atoms with Crippen LogP contribution in [0, 0.1) is 11.3 Å². The van der Waals surface area contributed by atoms with Crippen molar-refractivity contribution in [3.8, 4) is 6.07 Å². The van der Waals surface area contributed by atoms with E-state index in [9.17, 15) is 4.79 Å². The molecule has 2 amide bonds. The van der Waals surface area contributed by atoms with E-state index in [0.717, 1.165) is 64.2 Å². The molecular formula is C24H29N5O. The first-order valence-electron chi connectivity index (χ1n) is 10.8. The smallest absolute Gasteiger partial charge is 0.317 e. The van der Waals surface area contributed by atoms with Crippen LogP contribution < -0.4 is 15.1 Å². The van der Waals surface area contributed by atoms with Gasteiger partial charge in [0.2, 0.25) is 0 Å². The fourth-order valence-corrected chi connectivity index (χ4v) is 4.31. The summed E-state index contributed by atoms with van der Waals surface area (Å²) < 4.78 is 0. The van der Waals surface area contributed by atoms with Crippen molar-refractivity contribution in [2.75, 3.05) is 49.1 Å². The monoisotopic (exact) mass is 403 g/mol. The average Bonchev–Trinajstić information content (AvgIpc) is 3.07. The number of rotatable bonds is 3. The van der Waals surface area contributed by atoms with E-state index in [2.05, 4.69) is 45.5 Å². The summed E-state index contributed by atoms with van der Waals surface area (Å²) in [6, 6.07) is 20.6. The molecule has 0 radical (unpaired) electrons. The Morgan fingerprint density at radius 3 is 2.20 bits per heavy atom. The van der Waals surface area contributed by atoms with Gasteiger partial charge in [-0.15, -0.1) is 0 Å². The molecule has 2 fully saturated rings. The number of carbonyl (C=O) groups excluding carboxylic acids is 1. The lowest BCUT2D eigenvalue weighted by Gasteiger charge is -2.35. The molecule has 2 aliphatic rings. The Balaban J connectivity index is 1.25. The number of nitriles is 1. The van der Waals surface area contributed by atoms with Gasteiger partial charge in [0, 0.05) is 56.7 Å². The number of hydrogen-bond acceptors (Lipinski definition) is 4. The van der Waals surface area contributed by atoms with Crippen molar-refractivity contribution in [1.82, 2.24) is 10.2 Å². The lowest BCUT2D eigenvalue weighted by atomic mass is 10.0. The first-order chi connectivity index (χ1) is 14.7. The number of urea groups is 1. The van der Waals surface area contributed by atoms with E-state index in [1.54, 1.807) is 0 Å². The van der Waals surface area contributed by atoms with Crippen LogP contribution in [0.25, 0.3) is 0 Å². The lowest BCUT2D eigenvalue weighted by molar-refractivity contribution is 0.195. The zero-order valence-electron chi connectivity index (χ0n) is 17.3. The van der Waals surface area contributed by atoms with Gasteiger partial charge in [-0.05, 0) is 55.7 Å². The summed E-state index contributed by atoms with van der Waals surface area (Å²) in [6.07, 6.45) is 2.87. The van der Waals surface area contributed by atoms with Gasteiger partial charge in [-0.2, -0.15) is 5.26 Å². The van der Waals surface area contributed by atoms with Gasteiger partial charge in [-0.3, -0.25) is 0 Å². The van der Waals surface area contributed by atoms with Crippen molar-refractivity contribution >= 4 is 17.4 Å². The number of anilines is 2. The maximum Gasteiger partial charge on any atom is 0.317 e. The van der Waals surface area contributed by atoms with E-state index in [0.29, 0.717) is 5.56 Å². The molecule has 6 heteroatoms. The minimum atomic E-state index is 0.0711. The fraction of sp³-hybridized carbons (Fsp3) is 0.417. The highest BCUT2D eigenvalue weighted by Gasteiger charge is 2.24. The second-order valence-electron chi connectivity index (χ2n) is 8.03. The molecule has 0 bridgehead atoms. The number of hydrogen-bond donors (Lipinski definition) is 1. The first kappa shape index (κ1) is 20.1. The number of benzene rings is 2. The number of nitrogens with one attached hydrogen (secondary N) is 1. The van der Waals surface area contributed by atoms with Crippen LogP contribution in [-0.4, -0.2) is 56.2 Å². The Morgan fingerprint density at radius 1 is 0.833 bits per heavy atom. The van der Waals surface area contributed by atoms with Gasteiger partial charge in [0.25, 0.3) is 0 Å². The van der Waals surface area contributed by atoms with Crippen molar-refractivity contribution in [2.45, 2.75) is 25.3 Å². The SMILES string of the molecule is N#Cc1ccc(N2CCC(NC(=O)N3CCCN(c4ccccc4)CC3)CC2)cc1. The van der Waals surface area contributed by atoms with Crippen molar-refractivity contribution in [3.05, 3.63) is 60.2 Å². The second kappa shape index (κ2) is 9.53. The molecule has 0 saturated carbocycles. The van der Waals surface area contributed by atoms with E-state index < -0.39 is 0 Å². The predicted octanol–water partition coefficient (Wildman–Crippen LogP) is 3.45. The number of para-hydroxylation sites is 1. The van der Waals surface area contributed by atoms with Crippen molar-refractivity contribution in [3.63, 3.8) is 0 Å². The summed E-state index contributed by atoms with van der Waals surface area (Å²) >= 11 is 0. The van der Waals surface area contributed by atoms with E-state index in [-0.39, 0.29) is 12.1 Å². The summed E-state index contributed by atoms with van der Waals surface area (Å²) in [5.74, 6) is 0. The summed E-state index contributed by atoms with van der Waals surface area (Å²) in [5.41, 5.74) is 3.06. The molecule has 0 unspecified atom stereocenters. The molecule has 0 spiro atoms. The van der Waals surface area contributed by atoms with Gasteiger partial charge in [0.05, 0.1) is 11.6 Å². The highest BCUT2D eigenvalue weighted by Crippen LogP contribution is 2.21. The molecule has 0 aromatic heterocycles. The van der Waals surface area contributed by atoms with Gasteiger partial charge < -0.3 is 20.0 Å². The molecule has 0 aliphatic carbocycles. The number of carbonyl (C=O) groups is 1. The molecule has 4 rings (SSSR count). The zero-order chi connectivity index (χ0) is 20.8. The minimum absolute atomic E-state index is 0.0711. The van der Waals surface area contributed by atoms with Crippen LogP contribution in [0.3, 0.4) is 0 Å². The summed E-state index contributed by atoms with van der Waals surface area (Å²) in [5, 5.41) is 12.2. The molecular weight excluding hydrogens is 374 g/mol. The van der Waals surface area contributed by atoms with Crippen LogP contribution in [0.5, 0.6) is 0 Å². The van der Waals surface area contributed by atoms with Gasteiger partial charge in [-0.25, -0.2) is 4.79 Å². The van der Waals surface area contributed by atoms with Crippen molar-refractivity contribution in [2.24, 2.45) is 0 Å². The Labute approximate surface area is 178 Å². The predicted molar refractivity (Wildman–Crippen MR) is 120 cm³/mol. The summed E-state index contributed by atoms with van der Waals surface area (Å²) in [6.45, 7) is 5.24. The maximum atomic E-state index is 12.8. The van der Waals surface area contributed by atoms with Gasteiger partial charge in [0.15, 0.2) is 0 Å². The highest BCUT2D eigenvalue weighted by molar-refractivity contribution is 5.74. The highest BCUT2D eigenvalue weighted by atomic mass is 16.2. The Hall–Kier alpha value is -3.20. The molecule has 0 atom stereocenters. The molecule has 2 aromatic rings. The molecule has 6 nitrogen and oxygen atoms in total. The zero-order valence-corrected chi connectivity index (χ0v) is 17.3. The van der Waals surface area contributed by atoms with E-state index in [1.807, 2.05) is 35.2 Å². The third-order valence-corrected chi connectivity index (χ3v) is 6.09. The number of nitrogens with zero attached hydrogens (tertiary/aromatic N) is 4. The second-order valence-corrected chi connectivity index (χ2v) is 8.03. The number of piperidine rings is 1. The molecule has 2 aromatic carbocycles. The minimum Gasteiger partial charge on any atom is -0.371 e. The quantitative estimate of drug-likeness (QED) is 0.853. The maximum absolute atomic E-state index is 12.8. The molecule has 2 heterocycles. The van der Waals surface area contributed by atoms with Crippen LogP contribution in [0.15, 0.2) is 54.6 Å². The van der Waals surface area contributed by atoms with E-state index in [4.69, 9.17) is 5.26 Å². The Kier molecular flexibility index (Phi) is 6.38. The fourth-order valence-electron chi connectivity index (χ4n) is 4.31. The van der Waals surface area contributed by atoms with Crippen LogP contribution in [-0.2, 0) is 0 Å². The average molecular weight is 404 g/mol. The standard InChI is InChI=1S/C24H29N5O/c25-19-20-7-9-23(10-8-20)28-15-11-21(12-16-28)26-24(30)29-14-4-13-27(17-18-29)22-5-2-1-3-6-22/h1-3,5-10,21H,4,11-18H2,(H,26,30).